The van der Waals surface area contributed by atoms with Gasteiger partial charge in [0, 0.05) is 12.1 Å². The number of carboxylic acids is 1. The smallest absolute Gasteiger partial charge is 0.372 e. The average Bonchev–Trinajstić information content (AvgIpc) is 2.33. The summed E-state index contributed by atoms with van der Waals surface area (Å²) in [5.41, 5.74) is 0.701. The molecule has 0 spiro atoms. The molecule has 1 aromatic rings. The van der Waals surface area contributed by atoms with E-state index in [4.69, 9.17) is 9.52 Å². The lowest BCUT2D eigenvalue weighted by Gasteiger charge is -2.07. The van der Waals surface area contributed by atoms with Crippen LogP contribution in [0.4, 0.5) is 0 Å². The van der Waals surface area contributed by atoms with Crippen LogP contribution in [0.2, 0.25) is 0 Å². The summed E-state index contributed by atoms with van der Waals surface area (Å²) < 4.78 is 4.80. The van der Waals surface area contributed by atoms with Crippen molar-refractivity contribution in [1.82, 2.24) is 4.90 Å². The molecule has 0 aliphatic carbocycles. The summed E-state index contributed by atoms with van der Waals surface area (Å²) in [6.07, 6.45) is 1.39. The van der Waals surface area contributed by atoms with Gasteiger partial charge in [-0.05, 0) is 20.2 Å². The first-order valence-corrected chi connectivity index (χ1v) is 3.55. The Hall–Kier alpha value is -1.29. The van der Waals surface area contributed by atoms with E-state index in [0.29, 0.717) is 12.1 Å². The van der Waals surface area contributed by atoms with Gasteiger partial charge in [-0.25, -0.2) is 4.79 Å². The molecule has 0 aromatic carbocycles. The molecule has 0 saturated heterocycles. The number of hydrogen-bond acceptors (Lipinski definition) is 3. The number of rotatable bonds is 3. The fourth-order valence-electron chi connectivity index (χ4n) is 0.989. The normalized spacial score (nSPS) is 10.6. The monoisotopic (exact) mass is 169 g/mol. The number of nitrogens with zero attached hydrogens (tertiary/aromatic N) is 1. The molecule has 1 heterocycles. The predicted molar refractivity (Wildman–Crippen MR) is 43.1 cm³/mol. The second-order valence-electron chi connectivity index (χ2n) is 2.82. The maximum Gasteiger partial charge on any atom is 0.372 e. The molecule has 0 aliphatic heterocycles. The van der Waals surface area contributed by atoms with Gasteiger partial charge in [-0.1, -0.05) is 0 Å². The molecule has 4 nitrogen and oxygen atoms in total. The number of aromatic carboxylic acids is 1. The molecule has 66 valence electrons. The number of hydrogen-bond donors (Lipinski definition) is 1. The van der Waals surface area contributed by atoms with Crippen molar-refractivity contribution in [3.8, 4) is 0 Å². The summed E-state index contributed by atoms with van der Waals surface area (Å²) in [6, 6.07) is 1.67. The van der Waals surface area contributed by atoms with Gasteiger partial charge in [0.2, 0.25) is 5.76 Å². The molecule has 0 amide bonds. The van der Waals surface area contributed by atoms with Crippen LogP contribution in [0.25, 0.3) is 0 Å². The van der Waals surface area contributed by atoms with Gasteiger partial charge in [-0.15, -0.1) is 0 Å². The van der Waals surface area contributed by atoms with Crippen molar-refractivity contribution < 1.29 is 14.3 Å². The second kappa shape index (κ2) is 3.40. The predicted octanol–water partition coefficient (Wildman–Crippen LogP) is 1.04. The van der Waals surface area contributed by atoms with Crippen LogP contribution in [-0.2, 0) is 6.54 Å². The maximum atomic E-state index is 10.6. The fourth-order valence-corrected chi connectivity index (χ4v) is 0.989. The van der Waals surface area contributed by atoms with Crippen LogP contribution in [0, 0.1) is 0 Å². The van der Waals surface area contributed by atoms with Crippen molar-refractivity contribution in [2.24, 2.45) is 0 Å². The van der Waals surface area contributed by atoms with Gasteiger partial charge in [0.25, 0.3) is 0 Å². The van der Waals surface area contributed by atoms with E-state index in [9.17, 15) is 4.79 Å². The van der Waals surface area contributed by atoms with E-state index in [0.717, 1.165) is 0 Å². The standard InChI is InChI=1S/C8H11NO3/c1-9(2)5-6-3-4-12-7(6)8(10)11/h3-4H,5H2,1-2H3,(H,10,11). The summed E-state index contributed by atoms with van der Waals surface area (Å²) >= 11 is 0. The Bertz CT molecular complexity index is 278. The first-order chi connectivity index (χ1) is 5.61. The Labute approximate surface area is 70.4 Å². The van der Waals surface area contributed by atoms with Crippen LogP contribution in [0.15, 0.2) is 16.7 Å². The summed E-state index contributed by atoms with van der Waals surface area (Å²) in [7, 11) is 3.75. The summed E-state index contributed by atoms with van der Waals surface area (Å²) in [5, 5.41) is 8.66. The van der Waals surface area contributed by atoms with Crippen LogP contribution in [0.5, 0.6) is 0 Å². The minimum Gasteiger partial charge on any atom is -0.475 e. The highest BCUT2D eigenvalue weighted by Crippen LogP contribution is 2.11. The molecule has 0 radical (unpaired) electrons. The van der Waals surface area contributed by atoms with Crippen molar-refractivity contribution in [3.05, 3.63) is 23.7 Å². The summed E-state index contributed by atoms with van der Waals surface area (Å²) in [5.74, 6) is -0.986. The van der Waals surface area contributed by atoms with E-state index in [1.54, 1.807) is 6.07 Å². The molecule has 0 unspecified atom stereocenters. The van der Waals surface area contributed by atoms with E-state index < -0.39 is 5.97 Å². The van der Waals surface area contributed by atoms with E-state index in [-0.39, 0.29) is 5.76 Å². The molecule has 4 heteroatoms. The number of carboxylic acid groups (broad SMARTS) is 1. The van der Waals surface area contributed by atoms with Crippen molar-refractivity contribution in [1.29, 1.82) is 0 Å². The third-order valence-corrected chi connectivity index (χ3v) is 1.43. The van der Waals surface area contributed by atoms with Crippen molar-refractivity contribution >= 4 is 5.97 Å². The molecule has 0 fully saturated rings. The van der Waals surface area contributed by atoms with E-state index in [2.05, 4.69) is 0 Å². The highest BCUT2D eigenvalue weighted by molar-refractivity contribution is 5.86. The fraction of sp³-hybridized carbons (Fsp3) is 0.375. The van der Waals surface area contributed by atoms with Crippen LogP contribution in [0.1, 0.15) is 16.1 Å². The molecular formula is C8H11NO3. The van der Waals surface area contributed by atoms with Crippen LogP contribution < -0.4 is 0 Å². The lowest BCUT2D eigenvalue weighted by atomic mass is 10.2. The Balaban J connectivity index is 2.84. The quantitative estimate of drug-likeness (QED) is 0.734. The Kier molecular flexibility index (Phi) is 2.50. The van der Waals surface area contributed by atoms with Gasteiger partial charge in [0.15, 0.2) is 0 Å². The lowest BCUT2D eigenvalue weighted by molar-refractivity contribution is 0.0660. The van der Waals surface area contributed by atoms with Crippen molar-refractivity contribution in [2.75, 3.05) is 14.1 Å². The molecule has 1 N–H and O–H groups in total. The Morgan fingerprint density at radius 3 is 2.83 bits per heavy atom. The zero-order valence-electron chi connectivity index (χ0n) is 7.07. The lowest BCUT2D eigenvalue weighted by Crippen LogP contribution is -2.12. The van der Waals surface area contributed by atoms with Crippen LogP contribution in [-0.4, -0.2) is 30.1 Å². The number of furan rings is 1. The third-order valence-electron chi connectivity index (χ3n) is 1.43. The molecule has 0 aliphatic rings. The average molecular weight is 169 g/mol. The van der Waals surface area contributed by atoms with Crippen molar-refractivity contribution in [3.63, 3.8) is 0 Å². The molecule has 1 aromatic heterocycles. The van der Waals surface area contributed by atoms with Crippen LogP contribution >= 0.6 is 0 Å². The van der Waals surface area contributed by atoms with Gasteiger partial charge < -0.3 is 14.4 Å². The Morgan fingerprint density at radius 1 is 1.67 bits per heavy atom. The molecule has 12 heavy (non-hydrogen) atoms. The van der Waals surface area contributed by atoms with Gasteiger partial charge >= 0.3 is 5.97 Å². The van der Waals surface area contributed by atoms with Crippen LogP contribution in [0.3, 0.4) is 0 Å². The van der Waals surface area contributed by atoms with E-state index in [1.807, 2.05) is 19.0 Å². The van der Waals surface area contributed by atoms with Crippen molar-refractivity contribution in [2.45, 2.75) is 6.54 Å². The zero-order chi connectivity index (χ0) is 9.14. The van der Waals surface area contributed by atoms with E-state index in [1.165, 1.54) is 6.26 Å². The SMILES string of the molecule is CN(C)Cc1ccoc1C(=O)O. The molecule has 1 rings (SSSR count). The topological polar surface area (TPSA) is 53.7 Å². The highest BCUT2D eigenvalue weighted by atomic mass is 16.4. The van der Waals surface area contributed by atoms with E-state index >= 15 is 0 Å². The molecule has 0 saturated carbocycles. The first kappa shape index (κ1) is 8.80. The third kappa shape index (κ3) is 1.85. The van der Waals surface area contributed by atoms with Gasteiger partial charge in [0.05, 0.1) is 6.26 Å². The molecule has 0 bridgehead atoms. The van der Waals surface area contributed by atoms with Gasteiger partial charge in [-0.3, -0.25) is 0 Å². The molecular weight excluding hydrogens is 158 g/mol. The second-order valence-corrected chi connectivity index (χ2v) is 2.82. The Morgan fingerprint density at radius 2 is 2.33 bits per heavy atom. The minimum absolute atomic E-state index is 0.0312. The van der Waals surface area contributed by atoms with Gasteiger partial charge in [-0.2, -0.15) is 0 Å². The molecule has 0 atom stereocenters. The summed E-state index contributed by atoms with van der Waals surface area (Å²) in [6.45, 7) is 0.581. The largest absolute Gasteiger partial charge is 0.475 e. The van der Waals surface area contributed by atoms with Gasteiger partial charge in [0.1, 0.15) is 0 Å². The first-order valence-electron chi connectivity index (χ1n) is 3.55. The highest BCUT2D eigenvalue weighted by Gasteiger charge is 2.13. The number of carbonyl (C=O) groups is 1. The summed E-state index contributed by atoms with van der Waals surface area (Å²) in [4.78, 5) is 12.4. The maximum absolute atomic E-state index is 10.6. The zero-order valence-corrected chi connectivity index (χ0v) is 7.07. The minimum atomic E-state index is -1.02.